The summed E-state index contributed by atoms with van der Waals surface area (Å²) in [6.07, 6.45) is -4.55. The number of amides is 1. The topological polar surface area (TPSA) is 97.0 Å². The lowest BCUT2D eigenvalue weighted by Gasteiger charge is -2.30. The van der Waals surface area contributed by atoms with Crippen molar-refractivity contribution < 1.29 is 27.5 Å². The van der Waals surface area contributed by atoms with Crippen LogP contribution in [0.3, 0.4) is 0 Å². The summed E-state index contributed by atoms with van der Waals surface area (Å²) in [7, 11) is 0. The van der Waals surface area contributed by atoms with Gasteiger partial charge in [0.2, 0.25) is 5.91 Å². The van der Waals surface area contributed by atoms with Gasteiger partial charge in [-0.05, 0) is 86.8 Å². The van der Waals surface area contributed by atoms with E-state index in [9.17, 15) is 28.0 Å². The molecule has 12 heteroatoms. The highest BCUT2D eigenvalue weighted by molar-refractivity contribution is 6.30. The van der Waals surface area contributed by atoms with E-state index in [1.807, 2.05) is 18.2 Å². The number of hydrogen-bond donors (Lipinski definition) is 1. The summed E-state index contributed by atoms with van der Waals surface area (Å²) in [4.78, 5) is 25.3. The number of nitriles is 1. The molecule has 0 radical (unpaired) electrons. The highest BCUT2D eigenvalue weighted by Gasteiger charge is 2.47. The van der Waals surface area contributed by atoms with E-state index in [0.29, 0.717) is 26.7 Å². The van der Waals surface area contributed by atoms with Gasteiger partial charge in [-0.2, -0.15) is 23.5 Å². The number of halogens is 5. The van der Waals surface area contributed by atoms with Crippen LogP contribution in [-0.2, 0) is 27.6 Å². The minimum Gasteiger partial charge on any atom is -0.424 e. The van der Waals surface area contributed by atoms with Gasteiger partial charge in [0.05, 0.1) is 22.7 Å². The van der Waals surface area contributed by atoms with Gasteiger partial charge in [-0.3, -0.25) is 9.59 Å². The average molecular weight is 643 g/mol. The minimum absolute atomic E-state index is 0.00583. The van der Waals surface area contributed by atoms with Gasteiger partial charge in [0.1, 0.15) is 5.69 Å². The molecule has 0 aliphatic heterocycles. The second-order valence-corrected chi connectivity index (χ2v) is 11.6. The van der Waals surface area contributed by atoms with Gasteiger partial charge < -0.3 is 10.1 Å². The summed E-state index contributed by atoms with van der Waals surface area (Å²) in [5.74, 6) is -1.88. The van der Waals surface area contributed by atoms with Crippen molar-refractivity contribution in [1.29, 1.82) is 5.26 Å². The number of rotatable bonds is 10. The van der Waals surface area contributed by atoms with Gasteiger partial charge >= 0.3 is 6.18 Å². The predicted molar refractivity (Wildman–Crippen MR) is 160 cm³/mol. The number of nitrogens with one attached hydrogen (secondary N) is 1. The molecule has 0 saturated heterocycles. The molecular formula is C32H27Cl2F3N4O3. The largest absolute Gasteiger partial charge is 0.437 e. The summed E-state index contributed by atoms with van der Waals surface area (Å²) < 4.78 is 48.6. The zero-order valence-electron chi connectivity index (χ0n) is 23.8. The van der Waals surface area contributed by atoms with Gasteiger partial charge in [0.25, 0.3) is 6.47 Å². The number of nitrogens with zero attached hydrogens (tertiary/aromatic N) is 3. The standard InChI is InChI=1S/C32H27Cl2F3N4O3/c1-19(26(16-20-7-9-23(33)10-8-20)22-6-4-5-21(15-22)17-38)39-30(43)31(2,3)28-27(44-18-42)29(32(35,36)37)41(40-28)25-13-11-24(34)12-14-25/h4-15,18-19,26H,16H2,1-3H3,(H,39,43)/t19-,26+/m0/s1. The van der Waals surface area contributed by atoms with Crippen molar-refractivity contribution in [2.75, 3.05) is 0 Å². The second-order valence-electron chi connectivity index (χ2n) is 10.7. The maximum absolute atomic E-state index is 14.4. The first-order chi connectivity index (χ1) is 20.8. The van der Waals surface area contributed by atoms with Crippen molar-refractivity contribution in [3.8, 4) is 17.5 Å². The molecule has 1 aromatic heterocycles. The van der Waals surface area contributed by atoms with Gasteiger partial charge in [0.15, 0.2) is 11.4 Å². The molecule has 1 heterocycles. The molecule has 0 saturated carbocycles. The molecule has 0 fully saturated rings. The van der Waals surface area contributed by atoms with Crippen molar-refractivity contribution in [2.45, 2.75) is 50.7 Å². The molecule has 2 atom stereocenters. The van der Waals surface area contributed by atoms with E-state index in [1.54, 1.807) is 37.3 Å². The monoisotopic (exact) mass is 642 g/mol. The zero-order valence-corrected chi connectivity index (χ0v) is 25.3. The zero-order chi connectivity index (χ0) is 32.2. The Bertz CT molecular complexity index is 1700. The van der Waals surface area contributed by atoms with Crippen molar-refractivity contribution in [3.05, 3.63) is 111 Å². The third-order valence-corrected chi connectivity index (χ3v) is 7.79. The smallest absolute Gasteiger partial charge is 0.424 e. The number of ether oxygens (including phenoxy) is 1. The molecule has 228 valence electrons. The summed E-state index contributed by atoms with van der Waals surface area (Å²) in [6, 6.07) is 21.2. The summed E-state index contributed by atoms with van der Waals surface area (Å²) in [6.45, 7) is 4.42. The van der Waals surface area contributed by atoms with Gasteiger partial charge in [-0.1, -0.05) is 47.5 Å². The van der Waals surface area contributed by atoms with E-state index < -0.39 is 40.7 Å². The Balaban J connectivity index is 1.74. The van der Waals surface area contributed by atoms with Crippen LogP contribution in [0.2, 0.25) is 10.0 Å². The number of carbonyl (C=O) groups is 2. The lowest BCUT2D eigenvalue weighted by Crippen LogP contribution is -2.47. The van der Waals surface area contributed by atoms with Gasteiger partial charge in [-0.25, -0.2) is 4.68 Å². The Morgan fingerprint density at radius 2 is 1.68 bits per heavy atom. The van der Waals surface area contributed by atoms with Gasteiger partial charge in [-0.15, -0.1) is 0 Å². The van der Waals surface area contributed by atoms with Crippen LogP contribution in [0.25, 0.3) is 5.69 Å². The van der Waals surface area contributed by atoms with Crippen molar-refractivity contribution in [3.63, 3.8) is 0 Å². The molecule has 44 heavy (non-hydrogen) atoms. The van der Waals surface area contributed by atoms with E-state index >= 15 is 0 Å². The molecule has 4 aromatic rings. The number of aromatic nitrogens is 2. The van der Waals surface area contributed by atoms with Gasteiger partial charge in [0, 0.05) is 22.0 Å². The van der Waals surface area contributed by atoms with Crippen LogP contribution < -0.4 is 10.1 Å². The van der Waals surface area contributed by atoms with E-state index in [0.717, 1.165) is 11.1 Å². The van der Waals surface area contributed by atoms with Crippen molar-refractivity contribution in [1.82, 2.24) is 15.1 Å². The predicted octanol–water partition coefficient (Wildman–Crippen LogP) is 7.41. The van der Waals surface area contributed by atoms with Crippen LogP contribution in [0.15, 0.2) is 72.8 Å². The van der Waals surface area contributed by atoms with Crippen molar-refractivity contribution in [2.24, 2.45) is 0 Å². The maximum Gasteiger partial charge on any atom is 0.437 e. The van der Waals surface area contributed by atoms with Crippen LogP contribution >= 0.6 is 23.2 Å². The Kier molecular flexibility index (Phi) is 9.72. The molecule has 0 aliphatic carbocycles. The summed E-state index contributed by atoms with van der Waals surface area (Å²) in [5.41, 5.74) is -1.33. The summed E-state index contributed by atoms with van der Waals surface area (Å²) in [5, 5.41) is 17.4. The second kappa shape index (κ2) is 13.1. The molecule has 0 unspecified atom stereocenters. The van der Waals surface area contributed by atoms with Crippen LogP contribution in [-0.4, -0.2) is 28.2 Å². The molecule has 0 spiro atoms. The molecule has 4 rings (SSSR count). The Morgan fingerprint density at radius 1 is 1.07 bits per heavy atom. The first-order valence-electron chi connectivity index (χ1n) is 13.4. The van der Waals surface area contributed by atoms with Crippen LogP contribution in [0.4, 0.5) is 13.2 Å². The van der Waals surface area contributed by atoms with Crippen LogP contribution in [0, 0.1) is 11.3 Å². The fourth-order valence-electron chi connectivity index (χ4n) is 4.88. The normalized spacial score (nSPS) is 13.1. The van der Waals surface area contributed by atoms with E-state index in [2.05, 4.69) is 16.5 Å². The Labute approximate surface area is 262 Å². The molecule has 1 N–H and O–H groups in total. The number of alkyl halides is 3. The van der Waals surface area contributed by atoms with Crippen LogP contribution in [0.5, 0.6) is 5.75 Å². The summed E-state index contributed by atoms with van der Waals surface area (Å²) >= 11 is 12.0. The first kappa shape index (κ1) is 32.6. The van der Waals surface area contributed by atoms with E-state index in [4.69, 9.17) is 27.9 Å². The number of carbonyl (C=O) groups excluding carboxylic acids is 2. The number of hydrogen-bond acceptors (Lipinski definition) is 5. The van der Waals surface area contributed by atoms with E-state index in [-0.39, 0.29) is 18.1 Å². The molecule has 3 aromatic carbocycles. The lowest BCUT2D eigenvalue weighted by atomic mass is 9.83. The minimum atomic E-state index is -5.00. The number of benzene rings is 3. The highest BCUT2D eigenvalue weighted by Crippen LogP contribution is 2.43. The SMILES string of the molecule is C[C@H](NC(=O)C(C)(C)c1nn(-c2ccc(Cl)cc2)c(C(F)(F)F)c1OC=O)[C@@H](Cc1ccc(Cl)cc1)c1cccc(C#N)c1. The quantitative estimate of drug-likeness (QED) is 0.182. The first-order valence-corrected chi connectivity index (χ1v) is 14.1. The van der Waals surface area contributed by atoms with E-state index in [1.165, 1.54) is 38.1 Å². The van der Waals surface area contributed by atoms with Crippen molar-refractivity contribution >= 4 is 35.6 Å². The molecule has 0 aliphatic rings. The lowest BCUT2D eigenvalue weighted by molar-refractivity contribution is -0.144. The Morgan fingerprint density at radius 3 is 2.25 bits per heavy atom. The Hall–Kier alpha value is -4.33. The molecule has 0 bridgehead atoms. The third kappa shape index (κ3) is 7.07. The highest BCUT2D eigenvalue weighted by atomic mass is 35.5. The fourth-order valence-corrected chi connectivity index (χ4v) is 5.13. The molecular weight excluding hydrogens is 616 g/mol. The van der Waals surface area contributed by atoms with Crippen LogP contribution in [0.1, 0.15) is 54.8 Å². The third-order valence-electron chi connectivity index (χ3n) is 7.28. The average Bonchev–Trinajstić information content (AvgIpc) is 3.38. The fraction of sp³-hybridized carbons (Fsp3) is 0.250. The maximum atomic E-state index is 14.4. The molecule has 7 nitrogen and oxygen atoms in total. The molecule has 1 amide bonds.